The topological polar surface area (TPSA) is 42.0 Å². The van der Waals surface area contributed by atoms with Crippen LogP contribution in [-0.2, 0) is 0 Å². The molecular weight excluding hydrogens is 372 g/mol. The first-order chi connectivity index (χ1) is 9.06. The van der Waals surface area contributed by atoms with Crippen molar-refractivity contribution in [2.24, 2.45) is 0 Å². The van der Waals surface area contributed by atoms with Gasteiger partial charge in [0.25, 0.3) is 5.91 Å². The molecule has 1 heterocycles. The molecule has 0 aliphatic rings. The average molecular weight is 384 g/mol. The second-order valence-electron chi connectivity index (χ2n) is 4.14. The highest BCUT2D eigenvalue weighted by Crippen LogP contribution is 2.17. The van der Waals surface area contributed by atoms with Crippen molar-refractivity contribution in [1.82, 2.24) is 10.3 Å². The highest BCUT2D eigenvalue weighted by Gasteiger charge is 2.11. The lowest BCUT2D eigenvalue weighted by Crippen LogP contribution is -2.26. The highest BCUT2D eigenvalue weighted by atomic mass is 79.9. The Labute approximate surface area is 128 Å². The molecule has 0 unspecified atom stereocenters. The number of carbonyl (C=O) groups excluding carboxylic acids is 1. The number of benzene rings is 1. The summed E-state index contributed by atoms with van der Waals surface area (Å²) in [4.78, 5) is 16.0. The van der Waals surface area contributed by atoms with Crippen LogP contribution < -0.4 is 5.32 Å². The fourth-order valence-corrected chi connectivity index (χ4v) is 2.28. The number of rotatable bonds is 3. The van der Waals surface area contributed by atoms with Crippen molar-refractivity contribution >= 4 is 37.8 Å². The summed E-state index contributed by atoms with van der Waals surface area (Å²) >= 11 is 6.69. The van der Waals surface area contributed by atoms with Gasteiger partial charge in [0.1, 0.15) is 0 Å². The number of amides is 1. The van der Waals surface area contributed by atoms with E-state index in [2.05, 4.69) is 42.2 Å². The van der Waals surface area contributed by atoms with Gasteiger partial charge in [-0.3, -0.25) is 9.78 Å². The normalized spacial score (nSPS) is 11.9. The number of aromatic nitrogens is 1. The number of carbonyl (C=O) groups is 1. The van der Waals surface area contributed by atoms with Gasteiger partial charge in [-0.15, -0.1) is 0 Å². The van der Waals surface area contributed by atoms with E-state index in [1.54, 1.807) is 18.5 Å². The van der Waals surface area contributed by atoms with Crippen molar-refractivity contribution in [2.45, 2.75) is 13.0 Å². The van der Waals surface area contributed by atoms with Crippen LogP contribution >= 0.6 is 31.9 Å². The summed E-state index contributed by atoms with van der Waals surface area (Å²) in [7, 11) is 0. The van der Waals surface area contributed by atoms with Crippen molar-refractivity contribution in [3.05, 3.63) is 62.8 Å². The molecule has 3 nitrogen and oxygen atoms in total. The zero-order valence-electron chi connectivity index (χ0n) is 10.2. The number of halogens is 2. The lowest BCUT2D eigenvalue weighted by molar-refractivity contribution is 0.0939. The van der Waals surface area contributed by atoms with Crippen LogP contribution in [-0.4, -0.2) is 10.9 Å². The highest BCUT2D eigenvalue weighted by molar-refractivity contribution is 9.10. The van der Waals surface area contributed by atoms with Gasteiger partial charge in [0.15, 0.2) is 0 Å². The Balaban J connectivity index is 2.08. The van der Waals surface area contributed by atoms with E-state index in [-0.39, 0.29) is 11.9 Å². The number of nitrogens with zero attached hydrogens (tertiary/aromatic N) is 1. The first kappa shape index (κ1) is 14.2. The second kappa shape index (κ2) is 6.30. The first-order valence-corrected chi connectivity index (χ1v) is 7.32. The molecule has 0 aliphatic heterocycles. The maximum Gasteiger partial charge on any atom is 0.253 e. The van der Waals surface area contributed by atoms with E-state index >= 15 is 0 Å². The van der Waals surface area contributed by atoms with E-state index in [0.717, 1.165) is 14.5 Å². The van der Waals surface area contributed by atoms with Gasteiger partial charge >= 0.3 is 0 Å². The molecule has 0 radical (unpaired) electrons. The van der Waals surface area contributed by atoms with Gasteiger partial charge in [-0.25, -0.2) is 0 Å². The third-order valence-corrected chi connectivity index (χ3v) is 3.65. The maximum absolute atomic E-state index is 12.1. The molecule has 5 heteroatoms. The largest absolute Gasteiger partial charge is 0.345 e. The Bertz CT molecular complexity index is 584. The predicted molar refractivity (Wildman–Crippen MR) is 82.0 cm³/mol. The fraction of sp³-hybridized carbons (Fsp3) is 0.143. The molecule has 2 rings (SSSR count). The van der Waals surface area contributed by atoms with Crippen molar-refractivity contribution in [1.29, 1.82) is 0 Å². The molecule has 0 bridgehead atoms. The standard InChI is InChI=1S/C14H12Br2N2O/c1-9(10-2-4-12(15)5-3-10)18-14(19)11-6-13(16)8-17-7-11/h2-9H,1H3,(H,18,19)/t9-/m1/s1. The molecule has 1 aromatic heterocycles. The minimum Gasteiger partial charge on any atom is -0.345 e. The molecule has 0 spiro atoms. The molecule has 0 aliphatic carbocycles. The Kier molecular flexibility index (Phi) is 4.71. The summed E-state index contributed by atoms with van der Waals surface area (Å²) in [6.45, 7) is 1.95. The van der Waals surface area contributed by atoms with Crippen LogP contribution in [0.1, 0.15) is 28.9 Å². The zero-order valence-corrected chi connectivity index (χ0v) is 13.4. The fourth-order valence-electron chi connectivity index (χ4n) is 1.65. The smallest absolute Gasteiger partial charge is 0.253 e. The molecular formula is C14H12Br2N2O. The van der Waals surface area contributed by atoms with E-state index < -0.39 is 0 Å². The molecule has 0 saturated carbocycles. The molecule has 0 fully saturated rings. The van der Waals surface area contributed by atoms with Crippen LogP contribution in [0.2, 0.25) is 0 Å². The third kappa shape index (κ3) is 3.88. The molecule has 19 heavy (non-hydrogen) atoms. The van der Waals surface area contributed by atoms with E-state index in [9.17, 15) is 4.79 Å². The van der Waals surface area contributed by atoms with E-state index in [1.807, 2.05) is 31.2 Å². The van der Waals surface area contributed by atoms with Gasteiger partial charge in [-0.2, -0.15) is 0 Å². The number of hydrogen-bond donors (Lipinski definition) is 1. The van der Waals surface area contributed by atoms with Crippen LogP contribution in [0.5, 0.6) is 0 Å². The monoisotopic (exact) mass is 382 g/mol. The van der Waals surface area contributed by atoms with Gasteiger partial charge in [-0.05, 0) is 46.6 Å². The summed E-state index contributed by atoms with van der Waals surface area (Å²) in [5, 5.41) is 2.94. The number of hydrogen-bond acceptors (Lipinski definition) is 2. The Morgan fingerprint density at radius 2 is 1.84 bits per heavy atom. The molecule has 1 aromatic carbocycles. The molecule has 1 N–H and O–H groups in total. The summed E-state index contributed by atoms with van der Waals surface area (Å²) in [6, 6.07) is 9.57. The third-order valence-electron chi connectivity index (χ3n) is 2.68. The van der Waals surface area contributed by atoms with Gasteiger partial charge in [-0.1, -0.05) is 28.1 Å². The maximum atomic E-state index is 12.1. The van der Waals surface area contributed by atoms with Crippen LogP contribution in [0.4, 0.5) is 0 Å². The van der Waals surface area contributed by atoms with Gasteiger partial charge in [0.2, 0.25) is 0 Å². The summed E-state index contributed by atoms with van der Waals surface area (Å²) in [5.74, 6) is -0.135. The number of nitrogens with one attached hydrogen (secondary N) is 1. The summed E-state index contributed by atoms with van der Waals surface area (Å²) in [6.07, 6.45) is 3.20. The molecule has 0 saturated heterocycles. The lowest BCUT2D eigenvalue weighted by atomic mass is 10.1. The van der Waals surface area contributed by atoms with E-state index in [1.165, 1.54) is 0 Å². The molecule has 98 valence electrons. The minimum atomic E-state index is -0.135. The Hall–Kier alpha value is -1.20. The molecule has 1 amide bonds. The van der Waals surface area contributed by atoms with Gasteiger partial charge < -0.3 is 5.32 Å². The van der Waals surface area contributed by atoms with E-state index in [4.69, 9.17) is 0 Å². The Morgan fingerprint density at radius 3 is 2.47 bits per heavy atom. The first-order valence-electron chi connectivity index (χ1n) is 5.73. The number of pyridine rings is 1. The van der Waals surface area contributed by atoms with E-state index in [0.29, 0.717) is 5.56 Å². The predicted octanol–water partition coefficient (Wildman–Crippen LogP) is 4.10. The van der Waals surface area contributed by atoms with Gasteiger partial charge in [0.05, 0.1) is 11.6 Å². The zero-order chi connectivity index (χ0) is 13.8. The lowest BCUT2D eigenvalue weighted by Gasteiger charge is -2.14. The SMILES string of the molecule is C[C@@H](NC(=O)c1cncc(Br)c1)c1ccc(Br)cc1. The quantitative estimate of drug-likeness (QED) is 0.866. The minimum absolute atomic E-state index is 0.0559. The second-order valence-corrected chi connectivity index (χ2v) is 5.97. The van der Waals surface area contributed by atoms with Crippen LogP contribution in [0.15, 0.2) is 51.7 Å². The van der Waals surface area contributed by atoms with Crippen molar-refractivity contribution < 1.29 is 4.79 Å². The van der Waals surface area contributed by atoms with Crippen molar-refractivity contribution in [3.8, 4) is 0 Å². The Morgan fingerprint density at radius 1 is 1.16 bits per heavy atom. The molecule has 1 atom stereocenters. The van der Waals surface area contributed by atoms with Gasteiger partial charge in [0, 0.05) is 21.3 Å². The average Bonchev–Trinajstić information content (AvgIpc) is 2.39. The summed E-state index contributed by atoms with van der Waals surface area (Å²) in [5.41, 5.74) is 1.60. The summed E-state index contributed by atoms with van der Waals surface area (Å²) < 4.78 is 1.81. The van der Waals surface area contributed by atoms with Crippen LogP contribution in [0.3, 0.4) is 0 Å². The molecule has 2 aromatic rings. The van der Waals surface area contributed by atoms with Crippen molar-refractivity contribution in [3.63, 3.8) is 0 Å². The van der Waals surface area contributed by atoms with Crippen LogP contribution in [0, 0.1) is 0 Å². The van der Waals surface area contributed by atoms with Crippen LogP contribution in [0.25, 0.3) is 0 Å². The van der Waals surface area contributed by atoms with Crippen molar-refractivity contribution in [2.75, 3.05) is 0 Å².